The van der Waals surface area contributed by atoms with E-state index in [1.165, 1.54) is 26.2 Å². The van der Waals surface area contributed by atoms with Gasteiger partial charge in [-0.05, 0) is 25.1 Å². The smallest absolute Gasteiger partial charge is 0.433 e. The van der Waals surface area contributed by atoms with Crippen LogP contribution in [0.1, 0.15) is 12.6 Å². The number of nitro groups is 1. The average molecular weight is 478 g/mol. The molecule has 33 heavy (non-hydrogen) atoms. The van der Waals surface area contributed by atoms with E-state index in [-0.39, 0.29) is 28.0 Å². The first kappa shape index (κ1) is 24.0. The predicted octanol–water partition coefficient (Wildman–Crippen LogP) is 5.20. The minimum absolute atomic E-state index is 0.0545. The van der Waals surface area contributed by atoms with Crippen molar-refractivity contribution in [2.45, 2.75) is 23.5 Å². The lowest BCUT2D eigenvalue weighted by Crippen LogP contribution is -2.23. The second-order valence-corrected chi connectivity index (χ2v) is 7.98. The number of carbonyl (C=O) groups is 1. The van der Waals surface area contributed by atoms with Gasteiger partial charge in [-0.3, -0.25) is 14.9 Å². The topological polar surface area (TPSA) is 107 Å². The molecule has 1 atom stereocenters. The molecule has 3 aromatic rings. The van der Waals surface area contributed by atoms with Crippen LogP contribution in [0.25, 0.3) is 11.3 Å². The lowest BCUT2D eigenvalue weighted by Gasteiger charge is -2.14. The van der Waals surface area contributed by atoms with Crippen molar-refractivity contribution in [1.29, 1.82) is 0 Å². The highest BCUT2D eigenvalue weighted by Gasteiger charge is 2.34. The summed E-state index contributed by atoms with van der Waals surface area (Å²) in [6, 6.07) is 13.0. The van der Waals surface area contributed by atoms with Crippen LogP contribution in [0.4, 0.5) is 24.5 Å². The van der Waals surface area contributed by atoms with E-state index in [0.29, 0.717) is 17.3 Å². The number of anilines is 1. The zero-order valence-electron chi connectivity index (χ0n) is 17.3. The third-order valence-corrected chi connectivity index (χ3v) is 5.34. The van der Waals surface area contributed by atoms with Crippen LogP contribution in [-0.4, -0.2) is 33.2 Å². The number of hydrogen-bond donors (Lipinski definition) is 1. The summed E-state index contributed by atoms with van der Waals surface area (Å²) >= 11 is 0.703. The summed E-state index contributed by atoms with van der Waals surface area (Å²) in [7, 11) is 1.34. The standard InChI is InChI=1S/C21H17F3N4O4S/c1-12(19(29)25-15-9-8-14(32-2)10-17(15)28(30)31)33-20-26-16(13-6-4-3-5-7-13)11-18(27-20)21(22,23)24/h3-12H,1-2H3,(H,25,29). The fourth-order valence-corrected chi connectivity index (χ4v) is 3.51. The molecule has 1 N–H and O–H groups in total. The van der Waals surface area contributed by atoms with Gasteiger partial charge in [0, 0.05) is 5.56 Å². The van der Waals surface area contributed by atoms with E-state index in [4.69, 9.17) is 4.74 Å². The van der Waals surface area contributed by atoms with Gasteiger partial charge in [0.05, 0.1) is 29.0 Å². The number of hydrogen-bond acceptors (Lipinski definition) is 7. The molecule has 172 valence electrons. The van der Waals surface area contributed by atoms with Crippen molar-refractivity contribution in [3.63, 3.8) is 0 Å². The third-order valence-electron chi connectivity index (χ3n) is 4.38. The molecule has 12 heteroatoms. The van der Waals surface area contributed by atoms with Crippen molar-refractivity contribution in [2.24, 2.45) is 0 Å². The summed E-state index contributed by atoms with van der Waals surface area (Å²) in [6.45, 7) is 1.43. The second-order valence-electron chi connectivity index (χ2n) is 6.67. The summed E-state index contributed by atoms with van der Waals surface area (Å²) in [5.41, 5.74) is -1.09. The van der Waals surface area contributed by atoms with Gasteiger partial charge in [0.15, 0.2) is 5.16 Å². The van der Waals surface area contributed by atoms with Crippen LogP contribution in [0.5, 0.6) is 5.75 Å². The number of aromatic nitrogens is 2. The number of thioether (sulfide) groups is 1. The summed E-state index contributed by atoms with van der Waals surface area (Å²) in [4.78, 5) is 31.0. The lowest BCUT2D eigenvalue weighted by atomic mass is 10.1. The van der Waals surface area contributed by atoms with Crippen LogP contribution < -0.4 is 10.1 Å². The molecule has 0 bridgehead atoms. The molecule has 3 rings (SSSR count). The summed E-state index contributed by atoms with van der Waals surface area (Å²) < 4.78 is 45.1. The molecule has 0 fully saturated rings. The molecule has 8 nitrogen and oxygen atoms in total. The molecule has 1 amide bonds. The summed E-state index contributed by atoms with van der Waals surface area (Å²) in [5, 5.41) is 12.5. The number of carbonyl (C=O) groups excluding carboxylic acids is 1. The Labute approximate surface area is 190 Å². The number of ether oxygens (including phenoxy) is 1. The number of rotatable bonds is 7. The number of benzene rings is 2. The predicted molar refractivity (Wildman–Crippen MR) is 116 cm³/mol. The third kappa shape index (κ3) is 5.98. The summed E-state index contributed by atoms with van der Waals surface area (Å²) in [6.07, 6.45) is -4.71. The Hall–Kier alpha value is -3.67. The van der Waals surface area contributed by atoms with Crippen LogP contribution >= 0.6 is 11.8 Å². The fourth-order valence-electron chi connectivity index (χ4n) is 2.72. The number of halogens is 3. The molecule has 0 aliphatic heterocycles. The highest BCUT2D eigenvalue weighted by atomic mass is 32.2. The van der Waals surface area contributed by atoms with Gasteiger partial charge in [-0.15, -0.1) is 0 Å². The fraction of sp³-hybridized carbons (Fsp3) is 0.190. The Morgan fingerprint density at radius 3 is 2.45 bits per heavy atom. The Balaban J connectivity index is 1.86. The molecule has 2 aromatic carbocycles. The Bertz CT molecular complexity index is 1180. The molecule has 0 saturated carbocycles. The van der Waals surface area contributed by atoms with Crippen molar-refractivity contribution < 1.29 is 27.6 Å². The highest BCUT2D eigenvalue weighted by molar-refractivity contribution is 8.00. The highest BCUT2D eigenvalue weighted by Crippen LogP contribution is 2.34. The summed E-state index contributed by atoms with van der Waals surface area (Å²) in [5.74, 6) is -0.441. The van der Waals surface area contributed by atoms with E-state index >= 15 is 0 Å². The van der Waals surface area contributed by atoms with Gasteiger partial charge in [0.25, 0.3) is 5.69 Å². The van der Waals surface area contributed by atoms with Crippen LogP contribution in [-0.2, 0) is 11.0 Å². The van der Waals surface area contributed by atoms with E-state index in [2.05, 4.69) is 15.3 Å². The lowest BCUT2D eigenvalue weighted by molar-refractivity contribution is -0.384. The number of nitrogens with zero attached hydrogens (tertiary/aromatic N) is 3. The number of alkyl halides is 3. The van der Waals surface area contributed by atoms with E-state index in [9.17, 15) is 28.1 Å². The Morgan fingerprint density at radius 2 is 1.85 bits per heavy atom. The maximum atomic E-state index is 13.4. The van der Waals surface area contributed by atoms with Crippen LogP contribution in [0.3, 0.4) is 0 Å². The Kier molecular flexibility index (Phi) is 7.16. The van der Waals surface area contributed by atoms with Gasteiger partial charge in [-0.2, -0.15) is 13.2 Å². The SMILES string of the molecule is COc1ccc(NC(=O)C(C)Sc2nc(-c3ccccc3)cc(C(F)(F)F)n2)c([N+](=O)[O-])c1. The van der Waals surface area contributed by atoms with Gasteiger partial charge in [0.1, 0.15) is 17.1 Å². The number of methoxy groups -OCH3 is 1. The van der Waals surface area contributed by atoms with Crippen LogP contribution in [0.15, 0.2) is 59.8 Å². The Morgan fingerprint density at radius 1 is 1.15 bits per heavy atom. The monoisotopic (exact) mass is 478 g/mol. The van der Waals surface area contributed by atoms with Gasteiger partial charge in [-0.25, -0.2) is 9.97 Å². The number of amides is 1. The first-order valence-corrected chi connectivity index (χ1v) is 10.3. The maximum absolute atomic E-state index is 13.4. The van der Waals surface area contributed by atoms with Crippen molar-refractivity contribution in [3.8, 4) is 17.0 Å². The normalized spacial score (nSPS) is 12.2. The number of nitrogens with one attached hydrogen (secondary N) is 1. The van der Waals surface area contributed by atoms with Gasteiger partial charge in [0.2, 0.25) is 5.91 Å². The minimum atomic E-state index is -4.71. The number of nitro benzene ring substituents is 1. The van der Waals surface area contributed by atoms with Crippen LogP contribution in [0.2, 0.25) is 0 Å². The quantitative estimate of drug-likeness (QED) is 0.215. The van der Waals surface area contributed by atoms with Crippen molar-refractivity contribution in [3.05, 3.63) is 70.4 Å². The minimum Gasteiger partial charge on any atom is -0.496 e. The van der Waals surface area contributed by atoms with E-state index in [0.717, 1.165) is 12.1 Å². The second kappa shape index (κ2) is 9.86. The zero-order chi connectivity index (χ0) is 24.2. The molecule has 0 aliphatic carbocycles. The molecule has 0 spiro atoms. The molecule has 0 saturated heterocycles. The molecule has 1 heterocycles. The molecule has 0 aliphatic rings. The molecule has 1 unspecified atom stereocenters. The molecular weight excluding hydrogens is 461 g/mol. The zero-order valence-corrected chi connectivity index (χ0v) is 18.1. The molecule has 1 aromatic heterocycles. The first-order chi connectivity index (χ1) is 15.6. The van der Waals surface area contributed by atoms with E-state index < -0.39 is 28.0 Å². The average Bonchev–Trinajstić information content (AvgIpc) is 2.78. The van der Waals surface area contributed by atoms with Crippen molar-refractivity contribution in [1.82, 2.24) is 9.97 Å². The van der Waals surface area contributed by atoms with Gasteiger partial charge < -0.3 is 10.1 Å². The van der Waals surface area contributed by atoms with E-state index in [1.807, 2.05) is 0 Å². The van der Waals surface area contributed by atoms with Gasteiger partial charge in [-0.1, -0.05) is 42.1 Å². The van der Waals surface area contributed by atoms with Crippen LogP contribution in [0, 0.1) is 10.1 Å². The van der Waals surface area contributed by atoms with Crippen molar-refractivity contribution in [2.75, 3.05) is 12.4 Å². The molecular formula is C21H17F3N4O4S. The molecule has 0 radical (unpaired) electrons. The first-order valence-electron chi connectivity index (χ1n) is 9.40. The van der Waals surface area contributed by atoms with Crippen molar-refractivity contribution >= 4 is 29.0 Å². The largest absolute Gasteiger partial charge is 0.496 e. The van der Waals surface area contributed by atoms with E-state index in [1.54, 1.807) is 30.3 Å². The maximum Gasteiger partial charge on any atom is 0.433 e. The van der Waals surface area contributed by atoms with Gasteiger partial charge >= 0.3 is 6.18 Å².